The highest BCUT2D eigenvalue weighted by Crippen LogP contribution is 2.47. The van der Waals surface area contributed by atoms with Gasteiger partial charge in [0.1, 0.15) is 24.2 Å². The SMILES string of the molecule is CCOC(=O)Oc1c(-c2ccc3c(c2)OCCO3)c2c(c3ccccc3n2C)n1Cc1ccc2nsnc2c1. The van der Waals surface area contributed by atoms with Crippen LogP contribution in [0.4, 0.5) is 4.79 Å². The van der Waals surface area contributed by atoms with Gasteiger partial charge in [-0.3, -0.25) is 0 Å². The van der Waals surface area contributed by atoms with Crippen LogP contribution in [0.5, 0.6) is 17.4 Å². The predicted molar refractivity (Wildman–Crippen MR) is 149 cm³/mol. The average Bonchev–Trinajstić information content (AvgIpc) is 3.62. The molecule has 0 bridgehead atoms. The lowest BCUT2D eigenvalue weighted by Gasteiger charge is -2.19. The molecule has 1 aliphatic heterocycles. The molecule has 0 amide bonds. The minimum Gasteiger partial charge on any atom is -0.486 e. The minimum absolute atomic E-state index is 0.203. The molecular formula is C29H24N4O5S. The maximum atomic E-state index is 12.8. The average molecular weight is 541 g/mol. The Hall–Kier alpha value is -4.57. The standard InChI is InChI=1S/C29H24N4O5S/c1-3-35-29(34)38-28-25(18-9-11-23-24(15-18)37-13-12-36-23)27-26(19-6-4-5-7-22(19)32(27)2)33(28)16-17-8-10-20-21(14-17)31-39-30-20/h4-11,14-15H,3,12-13,16H2,1-2H3. The summed E-state index contributed by atoms with van der Waals surface area (Å²) >= 11 is 1.19. The molecule has 7 rings (SSSR count). The Bertz CT molecular complexity index is 1890. The van der Waals surface area contributed by atoms with E-state index >= 15 is 0 Å². The molecule has 1 aliphatic rings. The van der Waals surface area contributed by atoms with E-state index in [1.165, 1.54) is 11.7 Å². The van der Waals surface area contributed by atoms with Gasteiger partial charge in [0.05, 0.1) is 47.0 Å². The van der Waals surface area contributed by atoms with E-state index in [4.69, 9.17) is 18.9 Å². The second kappa shape index (κ2) is 9.32. The van der Waals surface area contributed by atoms with E-state index in [1.54, 1.807) is 6.92 Å². The van der Waals surface area contributed by atoms with Gasteiger partial charge >= 0.3 is 6.16 Å². The fourth-order valence-corrected chi connectivity index (χ4v) is 5.84. The Labute approximate surface area is 227 Å². The van der Waals surface area contributed by atoms with E-state index in [0.29, 0.717) is 37.1 Å². The largest absolute Gasteiger partial charge is 0.515 e. The molecule has 9 nitrogen and oxygen atoms in total. The van der Waals surface area contributed by atoms with Crippen LogP contribution in [0.1, 0.15) is 12.5 Å². The van der Waals surface area contributed by atoms with Crippen LogP contribution in [0.15, 0.2) is 60.7 Å². The summed E-state index contributed by atoms with van der Waals surface area (Å²) in [6.45, 7) is 3.38. The number of rotatable bonds is 5. The summed E-state index contributed by atoms with van der Waals surface area (Å²) < 4.78 is 35.8. The number of hydrogen-bond donors (Lipinski definition) is 0. The van der Waals surface area contributed by atoms with Crippen LogP contribution < -0.4 is 14.2 Å². The number of nitrogens with zero attached hydrogens (tertiary/aromatic N) is 4. The zero-order chi connectivity index (χ0) is 26.5. The molecule has 196 valence electrons. The first-order valence-corrected chi connectivity index (χ1v) is 13.4. The van der Waals surface area contributed by atoms with E-state index in [1.807, 2.05) is 60.1 Å². The van der Waals surface area contributed by atoms with E-state index in [0.717, 1.165) is 49.7 Å². The Morgan fingerprint density at radius 2 is 1.79 bits per heavy atom. The summed E-state index contributed by atoms with van der Waals surface area (Å²) in [7, 11) is 2.03. The number of aromatic nitrogens is 4. The lowest BCUT2D eigenvalue weighted by Crippen LogP contribution is -2.15. The molecule has 10 heteroatoms. The highest BCUT2D eigenvalue weighted by atomic mass is 32.1. The second-order valence-corrected chi connectivity index (χ2v) is 9.80. The summed E-state index contributed by atoms with van der Waals surface area (Å²) in [4.78, 5) is 12.8. The fraction of sp³-hybridized carbons (Fsp3) is 0.207. The van der Waals surface area contributed by atoms with Crippen LogP contribution >= 0.6 is 11.7 Å². The molecule has 0 saturated heterocycles. The summed E-state index contributed by atoms with van der Waals surface area (Å²) in [6, 6.07) is 20.0. The number of aryl methyl sites for hydroxylation is 1. The quantitative estimate of drug-likeness (QED) is 0.242. The van der Waals surface area contributed by atoms with Crippen molar-refractivity contribution in [2.24, 2.45) is 7.05 Å². The van der Waals surface area contributed by atoms with Crippen LogP contribution in [0.3, 0.4) is 0 Å². The predicted octanol–water partition coefficient (Wildman–Crippen LogP) is 6.16. The third kappa shape index (κ3) is 3.87. The van der Waals surface area contributed by atoms with Gasteiger partial charge in [-0.25, -0.2) is 4.79 Å². The highest BCUT2D eigenvalue weighted by molar-refractivity contribution is 7.00. The van der Waals surface area contributed by atoms with Crippen LogP contribution in [-0.2, 0) is 18.3 Å². The molecule has 39 heavy (non-hydrogen) atoms. The van der Waals surface area contributed by atoms with Crippen molar-refractivity contribution in [3.05, 3.63) is 66.2 Å². The van der Waals surface area contributed by atoms with Gasteiger partial charge in [0.15, 0.2) is 11.5 Å². The Morgan fingerprint density at radius 1 is 0.974 bits per heavy atom. The molecule has 6 aromatic rings. The van der Waals surface area contributed by atoms with Crippen LogP contribution in [0.2, 0.25) is 0 Å². The first kappa shape index (κ1) is 23.5. The summed E-state index contributed by atoms with van der Waals surface area (Å²) in [6.07, 6.45) is -0.760. The molecule has 3 aromatic carbocycles. The van der Waals surface area contributed by atoms with Crippen molar-refractivity contribution in [2.75, 3.05) is 19.8 Å². The minimum atomic E-state index is -0.760. The number of ether oxygens (including phenoxy) is 4. The second-order valence-electron chi connectivity index (χ2n) is 9.27. The Balaban J connectivity index is 1.52. The van der Waals surface area contributed by atoms with Crippen molar-refractivity contribution < 1.29 is 23.7 Å². The number of hydrogen-bond acceptors (Lipinski definition) is 8. The van der Waals surface area contributed by atoms with Crippen molar-refractivity contribution in [3.8, 4) is 28.5 Å². The van der Waals surface area contributed by atoms with Crippen molar-refractivity contribution >= 4 is 50.9 Å². The Kier molecular flexibility index (Phi) is 5.62. The molecule has 0 unspecified atom stereocenters. The normalized spacial score (nSPS) is 12.9. The zero-order valence-electron chi connectivity index (χ0n) is 21.3. The van der Waals surface area contributed by atoms with Crippen LogP contribution in [0.25, 0.3) is 44.1 Å². The maximum absolute atomic E-state index is 12.8. The van der Waals surface area contributed by atoms with E-state index in [-0.39, 0.29) is 6.61 Å². The lowest BCUT2D eigenvalue weighted by molar-refractivity contribution is 0.101. The third-order valence-electron chi connectivity index (χ3n) is 6.98. The highest BCUT2D eigenvalue weighted by Gasteiger charge is 2.29. The molecule has 0 spiro atoms. The summed E-state index contributed by atoms with van der Waals surface area (Å²) in [5.41, 5.74) is 7.25. The van der Waals surface area contributed by atoms with Gasteiger partial charge in [-0.1, -0.05) is 30.3 Å². The first-order chi connectivity index (χ1) is 19.1. The van der Waals surface area contributed by atoms with Gasteiger partial charge in [0.25, 0.3) is 0 Å². The molecule has 4 heterocycles. The van der Waals surface area contributed by atoms with Crippen molar-refractivity contribution in [1.29, 1.82) is 0 Å². The van der Waals surface area contributed by atoms with Gasteiger partial charge in [0, 0.05) is 12.4 Å². The summed E-state index contributed by atoms with van der Waals surface area (Å²) in [5, 5.41) is 1.05. The number of carbonyl (C=O) groups is 1. The van der Waals surface area contributed by atoms with Crippen molar-refractivity contribution in [2.45, 2.75) is 13.5 Å². The maximum Gasteiger partial charge on any atom is 0.515 e. The topological polar surface area (TPSA) is 89.6 Å². The number of benzene rings is 3. The molecule has 0 atom stereocenters. The molecular weight excluding hydrogens is 516 g/mol. The monoisotopic (exact) mass is 540 g/mol. The molecule has 0 aliphatic carbocycles. The van der Waals surface area contributed by atoms with Crippen molar-refractivity contribution in [1.82, 2.24) is 17.9 Å². The van der Waals surface area contributed by atoms with E-state index in [2.05, 4.69) is 25.4 Å². The van der Waals surface area contributed by atoms with Gasteiger partial charge in [0.2, 0.25) is 5.88 Å². The number of fused-ring (bicyclic) bond motifs is 5. The molecule has 0 saturated carbocycles. The van der Waals surface area contributed by atoms with Crippen molar-refractivity contribution in [3.63, 3.8) is 0 Å². The van der Waals surface area contributed by atoms with Gasteiger partial charge in [-0.15, -0.1) is 0 Å². The molecule has 0 radical (unpaired) electrons. The Morgan fingerprint density at radius 3 is 2.67 bits per heavy atom. The lowest BCUT2D eigenvalue weighted by atomic mass is 10.1. The van der Waals surface area contributed by atoms with Crippen LogP contribution in [-0.4, -0.2) is 43.9 Å². The summed E-state index contributed by atoms with van der Waals surface area (Å²) in [5.74, 6) is 1.74. The number of carbonyl (C=O) groups excluding carboxylic acids is 1. The third-order valence-corrected chi connectivity index (χ3v) is 7.53. The van der Waals surface area contributed by atoms with Gasteiger partial charge in [-0.2, -0.15) is 8.75 Å². The van der Waals surface area contributed by atoms with Gasteiger partial charge < -0.3 is 28.1 Å². The van der Waals surface area contributed by atoms with E-state index in [9.17, 15) is 4.79 Å². The molecule has 3 aromatic heterocycles. The van der Waals surface area contributed by atoms with Crippen LogP contribution in [0, 0.1) is 0 Å². The fourth-order valence-electron chi connectivity index (χ4n) is 5.32. The first-order valence-electron chi connectivity index (χ1n) is 12.7. The zero-order valence-corrected chi connectivity index (χ0v) is 22.2. The van der Waals surface area contributed by atoms with Gasteiger partial charge in [-0.05, 0) is 48.4 Å². The molecule has 0 N–H and O–H groups in total. The van der Waals surface area contributed by atoms with E-state index < -0.39 is 6.16 Å². The smallest absolute Gasteiger partial charge is 0.486 e. The molecule has 0 fully saturated rings. The number of para-hydroxylation sites is 1.